The number of hydroxylamine groups is 2. The zero-order chi connectivity index (χ0) is 18.4. The first-order valence-electron chi connectivity index (χ1n) is 8.33. The molecule has 2 rings (SSSR count). The van der Waals surface area contributed by atoms with Gasteiger partial charge in [-0.3, -0.25) is 0 Å². The van der Waals surface area contributed by atoms with Crippen molar-refractivity contribution < 1.29 is 23.9 Å². The highest BCUT2D eigenvalue weighted by Crippen LogP contribution is 2.16. The summed E-state index contributed by atoms with van der Waals surface area (Å²) >= 11 is 0. The third-order valence-corrected chi connectivity index (χ3v) is 3.74. The van der Waals surface area contributed by atoms with E-state index in [1.54, 1.807) is 57.2 Å². The molecule has 7 heteroatoms. The fourth-order valence-corrected chi connectivity index (χ4v) is 2.61. The van der Waals surface area contributed by atoms with Crippen LogP contribution in [-0.4, -0.2) is 55.1 Å². The minimum Gasteiger partial charge on any atom is -0.444 e. The van der Waals surface area contributed by atoms with Crippen LogP contribution in [0.15, 0.2) is 30.3 Å². The summed E-state index contributed by atoms with van der Waals surface area (Å²) in [5.41, 5.74) is -0.103. The molecule has 0 radical (unpaired) electrons. The number of nitrogens with zero attached hydrogens (tertiary/aromatic N) is 1. The molecule has 1 heterocycles. The van der Waals surface area contributed by atoms with Crippen molar-refractivity contribution in [1.29, 1.82) is 0 Å². The van der Waals surface area contributed by atoms with Crippen LogP contribution in [0.3, 0.4) is 0 Å². The van der Waals surface area contributed by atoms with Gasteiger partial charge in [-0.25, -0.2) is 9.59 Å². The number of benzene rings is 1. The van der Waals surface area contributed by atoms with Crippen molar-refractivity contribution in [2.75, 3.05) is 20.2 Å². The molecule has 0 saturated carbocycles. The molecule has 0 spiro atoms. The second-order valence-electron chi connectivity index (χ2n) is 6.95. The summed E-state index contributed by atoms with van der Waals surface area (Å²) in [4.78, 5) is 29.6. The van der Waals surface area contributed by atoms with Crippen LogP contribution in [0.2, 0.25) is 0 Å². The number of piperidine rings is 1. The first kappa shape index (κ1) is 19.2. The summed E-state index contributed by atoms with van der Waals surface area (Å²) in [6, 6.07) is 8.45. The molecule has 1 saturated heterocycles. The molecule has 1 fully saturated rings. The maximum Gasteiger partial charge on any atom is 0.408 e. The lowest BCUT2D eigenvalue weighted by atomic mass is 10.0. The van der Waals surface area contributed by atoms with E-state index >= 15 is 0 Å². The van der Waals surface area contributed by atoms with Crippen molar-refractivity contribution in [3.63, 3.8) is 0 Å². The van der Waals surface area contributed by atoms with Gasteiger partial charge in [0, 0.05) is 13.7 Å². The Morgan fingerprint density at radius 1 is 1.20 bits per heavy atom. The van der Waals surface area contributed by atoms with Crippen LogP contribution >= 0.6 is 0 Å². The summed E-state index contributed by atoms with van der Waals surface area (Å²) in [6.45, 7) is 6.26. The molecule has 2 atom stereocenters. The van der Waals surface area contributed by atoms with Crippen molar-refractivity contribution in [2.45, 2.75) is 44.9 Å². The molecule has 0 aliphatic carbocycles. The van der Waals surface area contributed by atoms with E-state index in [9.17, 15) is 9.59 Å². The van der Waals surface area contributed by atoms with Crippen molar-refractivity contribution in [3.8, 4) is 0 Å². The second-order valence-corrected chi connectivity index (χ2v) is 6.95. The Kier molecular flexibility index (Phi) is 6.39. The quantitative estimate of drug-likeness (QED) is 0.898. The zero-order valence-corrected chi connectivity index (χ0v) is 15.2. The van der Waals surface area contributed by atoms with Gasteiger partial charge in [0.2, 0.25) is 0 Å². The van der Waals surface area contributed by atoms with E-state index in [4.69, 9.17) is 14.3 Å². The summed E-state index contributed by atoms with van der Waals surface area (Å²) in [5, 5.41) is 4.35. The highest BCUT2D eigenvalue weighted by molar-refractivity contribution is 5.89. The third kappa shape index (κ3) is 6.03. The van der Waals surface area contributed by atoms with Crippen LogP contribution in [0, 0.1) is 0 Å². The topological polar surface area (TPSA) is 77.1 Å². The molecule has 1 N–H and O–H groups in total. The minimum atomic E-state index is -0.583. The molecule has 1 aliphatic rings. The Morgan fingerprint density at radius 3 is 2.48 bits per heavy atom. The summed E-state index contributed by atoms with van der Waals surface area (Å²) in [7, 11) is 1.60. The average Bonchev–Trinajstić information content (AvgIpc) is 2.54. The number of ether oxygens (including phenoxy) is 2. The highest BCUT2D eigenvalue weighted by atomic mass is 16.7. The van der Waals surface area contributed by atoms with Crippen LogP contribution in [-0.2, 0) is 14.3 Å². The van der Waals surface area contributed by atoms with Gasteiger partial charge in [-0.05, 0) is 39.3 Å². The van der Waals surface area contributed by atoms with Crippen LogP contribution < -0.4 is 5.32 Å². The van der Waals surface area contributed by atoms with Crippen LogP contribution in [0.4, 0.5) is 4.79 Å². The van der Waals surface area contributed by atoms with Gasteiger partial charge in [-0.15, -0.1) is 5.06 Å². The van der Waals surface area contributed by atoms with Crippen molar-refractivity contribution >= 4 is 12.1 Å². The maximum atomic E-state index is 12.2. The number of alkyl carbamates (subject to hydrolysis) is 1. The average molecular weight is 350 g/mol. The molecule has 0 aromatic heterocycles. The molecule has 138 valence electrons. The minimum absolute atomic E-state index is 0.167. The highest BCUT2D eigenvalue weighted by Gasteiger charge is 2.33. The number of methoxy groups -OCH3 is 1. The van der Waals surface area contributed by atoms with Gasteiger partial charge in [0.05, 0.1) is 24.3 Å². The van der Waals surface area contributed by atoms with E-state index in [0.717, 1.165) is 0 Å². The lowest BCUT2D eigenvalue weighted by Gasteiger charge is -2.36. The molecule has 25 heavy (non-hydrogen) atoms. The lowest BCUT2D eigenvalue weighted by Crippen LogP contribution is -2.56. The third-order valence-electron chi connectivity index (χ3n) is 3.74. The van der Waals surface area contributed by atoms with Crippen molar-refractivity contribution in [2.24, 2.45) is 0 Å². The normalized spacial score (nSPS) is 21.4. The first-order chi connectivity index (χ1) is 11.8. The Hall–Kier alpha value is -2.12. The van der Waals surface area contributed by atoms with Crippen LogP contribution in [0.5, 0.6) is 0 Å². The molecule has 0 bridgehead atoms. The van der Waals surface area contributed by atoms with Crippen molar-refractivity contribution in [1.82, 2.24) is 10.4 Å². The zero-order valence-electron chi connectivity index (χ0n) is 15.2. The largest absolute Gasteiger partial charge is 0.444 e. The number of hydrogen-bond acceptors (Lipinski definition) is 6. The van der Waals surface area contributed by atoms with Crippen LogP contribution in [0.1, 0.15) is 37.6 Å². The fourth-order valence-electron chi connectivity index (χ4n) is 2.61. The molecule has 1 amide bonds. The van der Waals surface area contributed by atoms with Crippen molar-refractivity contribution in [3.05, 3.63) is 35.9 Å². The molecular formula is C18H26N2O5. The smallest absolute Gasteiger partial charge is 0.408 e. The van der Waals surface area contributed by atoms with Gasteiger partial charge in [-0.1, -0.05) is 18.2 Å². The van der Waals surface area contributed by atoms with Gasteiger partial charge in [0.15, 0.2) is 0 Å². The standard InChI is InChI=1S/C18H26N2O5/c1-18(2,3)24-17(22)19-14-12-20(11-10-15(14)23-4)25-16(21)13-8-6-5-7-9-13/h5-9,14-15H,10-12H2,1-4H3,(H,19,22)/t14?,15-/m0/s1. The van der Waals surface area contributed by atoms with Gasteiger partial charge in [-0.2, -0.15) is 0 Å². The number of rotatable bonds is 4. The number of hydrogen-bond donors (Lipinski definition) is 1. The molecular weight excluding hydrogens is 324 g/mol. The molecule has 1 aliphatic heterocycles. The lowest BCUT2D eigenvalue weighted by molar-refractivity contribution is -0.145. The number of carbonyl (C=O) groups is 2. The van der Waals surface area contributed by atoms with Gasteiger partial charge in [0.25, 0.3) is 0 Å². The molecule has 1 unspecified atom stereocenters. The predicted octanol–water partition coefficient (Wildman–Crippen LogP) is 2.37. The van der Waals surface area contributed by atoms with E-state index in [1.165, 1.54) is 0 Å². The maximum absolute atomic E-state index is 12.2. The van der Waals surface area contributed by atoms with E-state index in [2.05, 4.69) is 5.32 Å². The fraction of sp³-hybridized carbons (Fsp3) is 0.556. The molecule has 1 aromatic carbocycles. The SMILES string of the molecule is CO[C@H]1CCN(OC(=O)c2ccccc2)CC1NC(=O)OC(C)(C)C. The van der Waals surface area contributed by atoms with E-state index < -0.39 is 17.7 Å². The Balaban J connectivity index is 1.95. The van der Waals surface area contributed by atoms with E-state index in [-0.39, 0.29) is 12.1 Å². The molecule has 7 nitrogen and oxygen atoms in total. The van der Waals surface area contributed by atoms with E-state index in [0.29, 0.717) is 25.1 Å². The summed E-state index contributed by atoms with van der Waals surface area (Å²) < 4.78 is 10.7. The van der Waals surface area contributed by atoms with Crippen LogP contribution in [0.25, 0.3) is 0 Å². The van der Waals surface area contributed by atoms with Gasteiger partial charge in [0.1, 0.15) is 5.60 Å². The molecule has 1 aromatic rings. The first-order valence-corrected chi connectivity index (χ1v) is 8.33. The monoisotopic (exact) mass is 350 g/mol. The Morgan fingerprint density at radius 2 is 1.88 bits per heavy atom. The summed E-state index contributed by atoms with van der Waals surface area (Å²) in [5.74, 6) is -0.424. The van der Waals surface area contributed by atoms with Gasteiger partial charge >= 0.3 is 12.1 Å². The Bertz CT molecular complexity index is 585. The number of nitrogens with one attached hydrogen (secondary N) is 1. The van der Waals surface area contributed by atoms with E-state index in [1.807, 2.05) is 6.07 Å². The summed E-state index contributed by atoms with van der Waals surface area (Å²) in [6.07, 6.45) is -0.0612. The second kappa shape index (κ2) is 8.31. The predicted molar refractivity (Wildman–Crippen MR) is 92.0 cm³/mol. The van der Waals surface area contributed by atoms with Gasteiger partial charge < -0.3 is 19.6 Å². The Labute approximate surface area is 148 Å². The number of amides is 1. The number of carbonyl (C=O) groups excluding carboxylic acids is 2.